The lowest BCUT2D eigenvalue weighted by Crippen LogP contribution is -2.32. The van der Waals surface area contributed by atoms with Crippen LogP contribution in [0.25, 0.3) is 6.08 Å². The molecule has 0 radical (unpaired) electrons. The van der Waals surface area contributed by atoms with Crippen molar-refractivity contribution >= 4 is 18.0 Å². The number of hydrogen-bond donors (Lipinski definition) is 1. The van der Waals surface area contributed by atoms with Crippen LogP contribution >= 0.6 is 0 Å². The van der Waals surface area contributed by atoms with Crippen LogP contribution in [0.2, 0.25) is 0 Å². The van der Waals surface area contributed by atoms with Crippen molar-refractivity contribution in [1.29, 1.82) is 0 Å². The van der Waals surface area contributed by atoms with Gasteiger partial charge in [0.05, 0.1) is 0 Å². The molecular weight excluding hydrogens is 273 g/mol. The minimum absolute atomic E-state index is 0.128. The molecule has 5 heteroatoms. The van der Waals surface area contributed by atoms with E-state index in [9.17, 15) is 14.0 Å². The topological polar surface area (TPSA) is 55.4 Å². The van der Waals surface area contributed by atoms with E-state index < -0.39 is 17.5 Å². The monoisotopic (exact) mass is 293 g/mol. The molecule has 0 atom stereocenters. The molecular formula is C16H20FNO3. The van der Waals surface area contributed by atoms with Gasteiger partial charge in [0.1, 0.15) is 11.4 Å². The first kappa shape index (κ1) is 16.9. The van der Waals surface area contributed by atoms with Crippen LogP contribution in [-0.2, 0) is 4.74 Å². The van der Waals surface area contributed by atoms with Gasteiger partial charge in [-0.15, -0.1) is 0 Å². The van der Waals surface area contributed by atoms with Gasteiger partial charge in [0.25, 0.3) is 0 Å². The van der Waals surface area contributed by atoms with Crippen LogP contribution in [0.1, 0.15) is 43.6 Å². The maximum Gasteiger partial charge on any atom is 0.407 e. The smallest absolute Gasteiger partial charge is 0.407 e. The number of ether oxygens (including phenoxy) is 1. The summed E-state index contributed by atoms with van der Waals surface area (Å²) < 4.78 is 18.6. The first-order valence-corrected chi connectivity index (χ1v) is 6.63. The molecule has 0 spiro atoms. The Labute approximate surface area is 124 Å². The Balaban J connectivity index is 2.60. The van der Waals surface area contributed by atoms with Gasteiger partial charge in [0.2, 0.25) is 0 Å². The number of carbonyl (C=O) groups is 2. The summed E-state index contributed by atoms with van der Waals surface area (Å²) >= 11 is 0. The number of hydrogen-bond acceptors (Lipinski definition) is 3. The van der Waals surface area contributed by atoms with E-state index >= 15 is 0 Å². The second-order valence-electron chi connectivity index (χ2n) is 5.58. The summed E-state index contributed by atoms with van der Waals surface area (Å²) in [4.78, 5) is 22.6. The minimum Gasteiger partial charge on any atom is -0.444 e. The average Bonchev–Trinajstić information content (AvgIpc) is 2.34. The van der Waals surface area contributed by atoms with Crippen LogP contribution in [0.15, 0.2) is 24.3 Å². The molecule has 0 saturated carbocycles. The molecule has 0 aliphatic heterocycles. The lowest BCUT2D eigenvalue weighted by molar-refractivity contribution is 0.0534. The zero-order valence-electron chi connectivity index (χ0n) is 12.7. The lowest BCUT2D eigenvalue weighted by Gasteiger charge is -2.19. The van der Waals surface area contributed by atoms with E-state index in [1.165, 1.54) is 31.2 Å². The molecule has 4 nitrogen and oxygen atoms in total. The highest BCUT2D eigenvalue weighted by molar-refractivity contribution is 5.94. The predicted octanol–water partition coefficient (Wildman–Crippen LogP) is 3.57. The van der Waals surface area contributed by atoms with E-state index in [0.717, 1.165) is 0 Å². The Morgan fingerprint density at radius 2 is 2.00 bits per heavy atom. The standard InChI is InChI=1S/C16H20FNO3/c1-11(19)12-7-8-14(17)13(10-12)6-5-9-18-15(20)21-16(2,3)4/h5-8,10H,9H2,1-4H3,(H,18,20). The van der Waals surface area contributed by atoms with Crippen molar-refractivity contribution < 1.29 is 18.7 Å². The largest absolute Gasteiger partial charge is 0.444 e. The summed E-state index contributed by atoms with van der Waals surface area (Å²) in [6.45, 7) is 6.94. The lowest BCUT2D eigenvalue weighted by atomic mass is 10.1. The van der Waals surface area contributed by atoms with E-state index in [1.807, 2.05) is 0 Å². The fourth-order valence-corrected chi connectivity index (χ4v) is 1.53. The SMILES string of the molecule is CC(=O)c1ccc(F)c(C=CCNC(=O)OC(C)(C)C)c1. The van der Waals surface area contributed by atoms with Crippen molar-refractivity contribution in [2.24, 2.45) is 0 Å². The van der Waals surface area contributed by atoms with Gasteiger partial charge in [0, 0.05) is 17.7 Å². The molecule has 0 aliphatic carbocycles. The van der Waals surface area contributed by atoms with Crippen molar-refractivity contribution in [3.05, 3.63) is 41.2 Å². The highest BCUT2D eigenvalue weighted by atomic mass is 19.1. The summed E-state index contributed by atoms with van der Waals surface area (Å²) in [5.41, 5.74) is 0.181. The van der Waals surface area contributed by atoms with Crippen molar-refractivity contribution in [3.63, 3.8) is 0 Å². The summed E-state index contributed by atoms with van der Waals surface area (Å²) in [6, 6.07) is 4.16. The molecule has 1 N–H and O–H groups in total. The Hall–Kier alpha value is -2.17. The molecule has 1 rings (SSSR count). The molecule has 1 amide bonds. The predicted molar refractivity (Wildman–Crippen MR) is 79.7 cm³/mol. The first-order valence-electron chi connectivity index (χ1n) is 6.63. The average molecular weight is 293 g/mol. The Morgan fingerprint density at radius 1 is 1.33 bits per heavy atom. The van der Waals surface area contributed by atoms with Gasteiger partial charge in [-0.05, 0) is 45.9 Å². The maximum atomic E-state index is 13.6. The molecule has 0 aromatic heterocycles. The number of carbonyl (C=O) groups excluding carboxylic acids is 2. The van der Waals surface area contributed by atoms with Gasteiger partial charge < -0.3 is 10.1 Å². The van der Waals surface area contributed by atoms with Crippen molar-refractivity contribution in [3.8, 4) is 0 Å². The number of rotatable bonds is 4. The van der Waals surface area contributed by atoms with Crippen LogP contribution in [0.3, 0.4) is 0 Å². The van der Waals surface area contributed by atoms with Crippen molar-refractivity contribution in [2.75, 3.05) is 6.54 Å². The van der Waals surface area contributed by atoms with E-state index in [-0.39, 0.29) is 12.3 Å². The van der Waals surface area contributed by atoms with E-state index in [0.29, 0.717) is 11.1 Å². The van der Waals surface area contributed by atoms with Crippen LogP contribution in [-0.4, -0.2) is 24.0 Å². The number of halogens is 1. The van der Waals surface area contributed by atoms with Gasteiger partial charge in [-0.3, -0.25) is 4.79 Å². The molecule has 0 aliphatic rings. The second-order valence-corrected chi connectivity index (χ2v) is 5.58. The normalized spacial score (nSPS) is 11.5. The summed E-state index contributed by atoms with van der Waals surface area (Å²) in [7, 11) is 0. The molecule has 1 aromatic rings. The Morgan fingerprint density at radius 3 is 2.57 bits per heavy atom. The Kier molecular flexibility index (Phi) is 5.64. The zero-order valence-corrected chi connectivity index (χ0v) is 12.7. The van der Waals surface area contributed by atoms with Gasteiger partial charge in [-0.1, -0.05) is 12.2 Å². The maximum absolute atomic E-state index is 13.6. The molecule has 0 fully saturated rings. The van der Waals surface area contributed by atoms with Gasteiger partial charge in [-0.25, -0.2) is 9.18 Å². The summed E-state index contributed by atoms with van der Waals surface area (Å²) in [5, 5.41) is 2.53. The number of alkyl carbamates (subject to hydrolysis) is 1. The third-order valence-electron chi connectivity index (χ3n) is 2.46. The van der Waals surface area contributed by atoms with Gasteiger partial charge in [0.15, 0.2) is 5.78 Å². The van der Waals surface area contributed by atoms with E-state index in [1.54, 1.807) is 26.8 Å². The molecule has 21 heavy (non-hydrogen) atoms. The van der Waals surface area contributed by atoms with Crippen LogP contribution < -0.4 is 5.32 Å². The number of nitrogens with one attached hydrogen (secondary N) is 1. The number of Topliss-reactive ketones (excluding diaryl/α,β-unsaturated/α-hetero) is 1. The van der Waals surface area contributed by atoms with E-state index in [4.69, 9.17) is 4.74 Å². The molecule has 0 unspecified atom stereocenters. The zero-order chi connectivity index (χ0) is 16.0. The highest BCUT2D eigenvalue weighted by Gasteiger charge is 2.15. The summed E-state index contributed by atoms with van der Waals surface area (Å²) in [6.07, 6.45) is 2.57. The number of ketones is 1. The van der Waals surface area contributed by atoms with Crippen LogP contribution in [0.5, 0.6) is 0 Å². The van der Waals surface area contributed by atoms with Crippen LogP contribution in [0.4, 0.5) is 9.18 Å². The molecule has 114 valence electrons. The van der Waals surface area contributed by atoms with E-state index in [2.05, 4.69) is 5.32 Å². The van der Waals surface area contributed by atoms with Gasteiger partial charge in [-0.2, -0.15) is 0 Å². The first-order chi connectivity index (χ1) is 9.69. The fourth-order valence-electron chi connectivity index (χ4n) is 1.53. The second kappa shape index (κ2) is 7.02. The van der Waals surface area contributed by atoms with Crippen molar-refractivity contribution in [2.45, 2.75) is 33.3 Å². The molecule has 0 heterocycles. The molecule has 1 aromatic carbocycles. The number of benzene rings is 1. The fraction of sp³-hybridized carbons (Fsp3) is 0.375. The quantitative estimate of drug-likeness (QED) is 0.863. The number of amides is 1. The molecule has 0 saturated heterocycles. The third-order valence-corrected chi connectivity index (χ3v) is 2.46. The molecule has 0 bridgehead atoms. The minimum atomic E-state index is -0.560. The van der Waals surface area contributed by atoms with Crippen molar-refractivity contribution in [1.82, 2.24) is 5.32 Å². The van der Waals surface area contributed by atoms with Crippen LogP contribution in [0, 0.1) is 5.82 Å². The third kappa shape index (κ3) is 6.21. The highest BCUT2D eigenvalue weighted by Crippen LogP contribution is 2.13. The Bertz CT molecular complexity index is 559. The van der Waals surface area contributed by atoms with Gasteiger partial charge >= 0.3 is 6.09 Å². The summed E-state index contributed by atoms with van der Waals surface area (Å²) in [5.74, 6) is -0.551.